The minimum absolute atomic E-state index is 0.00408. The second kappa shape index (κ2) is 10.1. The first-order chi connectivity index (χ1) is 15.5. The smallest absolute Gasteiger partial charge is 0.254 e. The third-order valence-corrected chi connectivity index (χ3v) is 6.43. The lowest BCUT2D eigenvalue weighted by molar-refractivity contribution is -0.113. The summed E-state index contributed by atoms with van der Waals surface area (Å²) < 4.78 is 1.77. The van der Waals surface area contributed by atoms with Crippen LogP contribution in [0.1, 0.15) is 10.4 Å². The molecule has 3 aromatic rings. The minimum atomic E-state index is -0.0982. The van der Waals surface area contributed by atoms with Crippen molar-refractivity contribution in [1.29, 1.82) is 0 Å². The zero-order valence-corrected chi connectivity index (χ0v) is 19.1. The molecule has 4 rings (SSSR count). The summed E-state index contributed by atoms with van der Waals surface area (Å²) >= 11 is 7.35. The second-order valence-electron chi connectivity index (χ2n) is 7.40. The summed E-state index contributed by atoms with van der Waals surface area (Å²) in [7, 11) is 1.84. The van der Waals surface area contributed by atoms with Gasteiger partial charge in [-0.1, -0.05) is 29.4 Å². The summed E-state index contributed by atoms with van der Waals surface area (Å²) in [5, 5.41) is 11.9. The highest BCUT2D eigenvalue weighted by molar-refractivity contribution is 7.99. The van der Waals surface area contributed by atoms with E-state index in [1.54, 1.807) is 35.2 Å². The number of nitrogens with one attached hydrogen (secondary N) is 1. The van der Waals surface area contributed by atoms with Crippen molar-refractivity contribution in [2.45, 2.75) is 5.16 Å². The third kappa shape index (κ3) is 5.41. The van der Waals surface area contributed by atoms with Crippen molar-refractivity contribution in [3.8, 4) is 0 Å². The first-order valence-corrected chi connectivity index (χ1v) is 11.5. The van der Waals surface area contributed by atoms with Crippen LogP contribution in [0.25, 0.3) is 0 Å². The van der Waals surface area contributed by atoms with Gasteiger partial charge in [0, 0.05) is 55.2 Å². The van der Waals surface area contributed by atoms with E-state index in [2.05, 4.69) is 20.4 Å². The fourth-order valence-electron chi connectivity index (χ4n) is 3.46. The summed E-state index contributed by atoms with van der Waals surface area (Å²) in [4.78, 5) is 29.0. The molecule has 1 aromatic heterocycles. The van der Waals surface area contributed by atoms with Crippen LogP contribution in [-0.2, 0) is 11.8 Å². The molecule has 1 saturated heterocycles. The van der Waals surface area contributed by atoms with Crippen molar-refractivity contribution in [1.82, 2.24) is 19.7 Å². The van der Waals surface area contributed by atoms with Crippen LogP contribution in [0.5, 0.6) is 0 Å². The number of carbonyl (C=O) groups is 2. The highest BCUT2D eigenvalue weighted by Crippen LogP contribution is 2.21. The predicted octanol–water partition coefficient (Wildman–Crippen LogP) is 3.16. The normalized spacial score (nSPS) is 13.8. The number of hydrogen-bond donors (Lipinski definition) is 1. The monoisotopic (exact) mass is 470 g/mol. The van der Waals surface area contributed by atoms with Crippen molar-refractivity contribution in [3.05, 3.63) is 65.4 Å². The molecule has 10 heteroatoms. The fraction of sp³-hybridized carbons (Fsp3) is 0.273. The number of carbonyl (C=O) groups excluding carboxylic acids is 2. The number of thioether (sulfide) groups is 1. The van der Waals surface area contributed by atoms with E-state index in [-0.39, 0.29) is 17.6 Å². The maximum atomic E-state index is 12.7. The molecule has 2 aromatic carbocycles. The highest BCUT2D eigenvalue weighted by atomic mass is 35.5. The summed E-state index contributed by atoms with van der Waals surface area (Å²) in [6.07, 6.45) is 1.60. The number of aryl methyl sites for hydroxylation is 1. The predicted molar refractivity (Wildman–Crippen MR) is 126 cm³/mol. The molecule has 2 heterocycles. The molecule has 0 bridgehead atoms. The molecule has 0 unspecified atom stereocenters. The SMILES string of the molecule is Cn1cnnc1SCC(=O)Nc1ccc(N2CCN(C(=O)c3cccc(Cl)c3)CC2)cc1. The van der Waals surface area contributed by atoms with E-state index in [0.29, 0.717) is 28.8 Å². The van der Waals surface area contributed by atoms with Crippen LogP contribution < -0.4 is 10.2 Å². The number of benzene rings is 2. The van der Waals surface area contributed by atoms with E-state index in [0.717, 1.165) is 24.5 Å². The van der Waals surface area contributed by atoms with E-state index in [9.17, 15) is 9.59 Å². The van der Waals surface area contributed by atoms with Crippen LogP contribution in [0.4, 0.5) is 11.4 Å². The second-order valence-corrected chi connectivity index (χ2v) is 8.78. The minimum Gasteiger partial charge on any atom is -0.368 e. The molecule has 0 radical (unpaired) electrons. The van der Waals surface area contributed by atoms with Gasteiger partial charge in [-0.25, -0.2) is 0 Å². The lowest BCUT2D eigenvalue weighted by atomic mass is 10.1. The Balaban J connectivity index is 1.27. The molecule has 166 valence electrons. The number of nitrogens with zero attached hydrogens (tertiary/aromatic N) is 5. The van der Waals surface area contributed by atoms with Gasteiger partial charge in [-0.15, -0.1) is 10.2 Å². The van der Waals surface area contributed by atoms with E-state index < -0.39 is 0 Å². The van der Waals surface area contributed by atoms with Crippen molar-refractivity contribution < 1.29 is 9.59 Å². The Morgan fingerprint density at radius 1 is 1.09 bits per heavy atom. The van der Waals surface area contributed by atoms with Crippen molar-refractivity contribution in [3.63, 3.8) is 0 Å². The number of anilines is 2. The number of amides is 2. The zero-order chi connectivity index (χ0) is 22.5. The van der Waals surface area contributed by atoms with E-state index in [1.807, 2.05) is 36.2 Å². The van der Waals surface area contributed by atoms with Crippen LogP contribution in [0, 0.1) is 0 Å². The van der Waals surface area contributed by atoms with Crippen LogP contribution in [-0.4, -0.2) is 63.4 Å². The molecule has 1 fully saturated rings. The molecule has 2 amide bonds. The molecular weight excluding hydrogens is 448 g/mol. The Morgan fingerprint density at radius 3 is 2.50 bits per heavy atom. The topological polar surface area (TPSA) is 83.4 Å². The number of rotatable bonds is 6. The molecule has 1 aliphatic heterocycles. The fourth-order valence-corrected chi connectivity index (χ4v) is 4.34. The van der Waals surface area contributed by atoms with Crippen molar-refractivity contribution in [2.24, 2.45) is 7.05 Å². The molecule has 8 nitrogen and oxygen atoms in total. The zero-order valence-electron chi connectivity index (χ0n) is 17.6. The highest BCUT2D eigenvalue weighted by Gasteiger charge is 2.22. The Bertz CT molecular complexity index is 1100. The van der Waals surface area contributed by atoms with Crippen LogP contribution in [0.2, 0.25) is 5.02 Å². The molecule has 0 spiro atoms. The number of aromatic nitrogens is 3. The van der Waals surface area contributed by atoms with Gasteiger partial charge in [0.05, 0.1) is 5.75 Å². The lowest BCUT2D eigenvalue weighted by Crippen LogP contribution is -2.48. The number of halogens is 1. The standard InChI is InChI=1S/C22H23ClN6O2S/c1-27-15-24-26-22(27)32-14-20(30)25-18-5-7-19(8-6-18)28-9-11-29(12-10-28)21(31)16-3-2-4-17(23)13-16/h2-8,13,15H,9-12,14H2,1H3,(H,25,30). The average molecular weight is 471 g/mol. The lowest BCUT2D eigenvalue weighted by Gasteiger charge is -2.36. The Morgan fingerprint density at radius 2 is 1.84 bits per heavy atom. The van der Waals surface area contributed by atoms with Crippen LogP contribution in [0.15, 0.2) is 60.0 Å². The third-order valence-electron chi connectivity index (χ3n) is 5.16. The van der Waals surface area contributed by atoms with E-state index >= 15 is 0 Å². The first-order valence-electron chi connectivity index (χ1n) is 10.2. The quantitative estimate of drug-likeness (QED) is 0.557. The van der Waals surface area contributed by atoms with Gasteiger partial charge in [-0.05, 0) is 42.5 Å². The van der Waals surface area contributed by atoms with Crippen molar-refractivity contribution in [2.75, 3.05) is 42.1 Å². The number of piperazine rings is 1. The summed E-state index contributed by atoms with van der Waals surface area (Å²) in [5.74, 6) is 0.167. The summed E-state index contributed by atoms with van der Waals surface area (Å²) in [6, 6.07) is 14.8. The Labute approximate surface area is 195 Å². The van der Waals surface area contributed by atoms with Gasteiger partial charge in [0.25, 0.3) is 5.91 Å². The van der Waals surface area contributed by atoms with Gasteiger partial charge in [-0.3, -0.25) is 9.59 Å². The summed E-state index contributed by atoms with van der Waals surface area (Å²) in [6.45, 7) is 2.77. The van der Waals surface area contributed by atoms with Gasteiger partial charge >= 0.3 is 0 Å². The van der Waals surface area contributed by atoms with E-state index in [4.69, 9.17) is 11.6 Å². The average Bonchev–Trinajstić information content (AvgIpc) is 3.22. The molecular formula is C22H23ClN6O2S. The first kappa shape index (κ1) is 22.2. The van der Waals surface area contributed by atoms with Crippen molar-refractivity contribution >= 4 is 46.6 Å². The van der Waals surface area contributed by atoms with Gasteiger partial charge in [-0.2, -0.15) is 0 Å². The van der Waals surface area contributed by atoms with Gasteiger partial charge in [0.2, 0.25) is 5.91 Å². The molecule has 0 atom stereocenters. The molecule has 0 saturated carbocycles. The number of hydrogen-bond acceptors (Lipinski definition) is 6. The Kier molecular flexibility index (Phi) is 6.96. The maximum absolute atomic E-state index is 12.7. The van der Waals surface area contributed by atoms with Gasteiger partial charge in [0.15, 0.2) is 5.16 Å². The van der Waals surface area contributed by atoms with Gasteiger partial charge < -0.3 is 19.7 Å². The van der Waals surface area contributed by atoms with Crippen LogP contribution >= 0.6 is 23.4 Å². The molecule has 1 aliphatic rings. The Hall–Kier alpha value is -3.04. The van der Waals surface area contributed by atoms with Gasteiger partial charge in [0.1, 0.15) is 6.33 Å². The largest absolute Gasteiger partial charge is 0.368 e. The summed E-state index contributed by atoms with van der Waals surface area (Å²) in [5.41, 5.74) is 2.42. The van der Waals surface area contributed by atoms with Crippen LogP contribution in [0.3, 0.4) is 0 Å². The van der Waals surface area contributed by atoms with E-state index in [1.165, 1.54) is 11.8 Å². The molecule has 32 heavy (non-hydrogen) atoms. The maximum Gasteiger partial charge on any atom is 0.254 e. The molecule has 0 aliphatic carbocycles. The molecule has 1 N–H and O–H groups in total.